The van der Waals surface area contributed by atoms with Crippen molar-refractivity contribution in [2.75, 3.05) is 18.4 Å². The Balaban J connectivity index is 1.88. The van der Waals surface area contributed by atoms with Crippen molar-refractivity contribution in [3.63, 3.8) is 0 Å². The third kappa shape index (κ3) is 3.81. The lowest BCUT2D eigenvalue weighted by Crippen LogP contribution is -2.50. The van der Waals surface area contributed by atoms with Gasteiger partial charge in [-0.15, -0.1) is 0 Å². The molecule has 1 aliphatic rings. The molecule has 1 aromatic carbocycles. The molecule has 0 atom stereocenters. The Morgan fingerprint density at radius 2 is 2.10 bits per heavy atom. The largest absolute Gasteiger partial charge is 0.352 e. The van der Waals surface area contributed by atoms with Gasteiger partial charge in [0.15, 0.2) is 0 Å². The molecule has 2 rings (SSSR count). The van der Waals surface area contributed by atoms with E-state index in [1.54, 1.807) is 0 Å². The molecule has 1 aromatic rings. The summed E-state index contributed by atoms with van der Waals surface area (Å²) in [4.78, 5) is 23.4. The monoisotopic (exact) mass is 275 g/mol. The first-order valence-corrected chi connectivity index (χ1v) is 6.94. The van der Waals surface area contributed by atoms with E-state index in [9.17, 15) is 9.59 Å². The highest BCUT2D eigenvalue weighted by molar-refractivity contribution is 5.92. The van der Waals surface area contributed by atoms with Gasteiger partial charge in [-0.1, -0.05) is 26.0 Å². The van der Waals surface area contributed by atoms with Crippen molar-refractivity contribution < 1.29 is 9.59 Å². The molecule has 3 N–H and O–H groups in total. The van der Waals surface area contributed by atoms with E-state index in [2.05, 4.69) is 16.0 Å². The quantitative estimate of drug-likeness (QED) is 0.754. The first kappa shape index (κ1) is 14.5. The zero-order chi connectivity index (χ0) is 14.5. The Morgan fingerprint density at radius 1 is 1.35 bits per heavy atom. The Labute approximate surface area is 119 Å². The van der Waals surface area contributed by atoms with Crippen LogP contribution in [0.25, 0.3) is 0 Å². The van der Waals surface area contributed by atoms with Crippen LogP contribution in [-0.4, -0.2) is 24.9 Å². The van der Waals surface area contributed by atoms with Crippen LogP contribution in [0.5, 0.6) is 0 Å². The van der Waals surface area contributed by atoms with E-state index in [1.807, 2.05) is 38.1 Å². The topological polar surface area (TPSA) is 70.2 Å². The average Bonchev–Trinajstić information content (AvgIpc) is 2.34. The molecule has 0 aromatic heterocycles. The van der Waals surface area contributed by atoms with Crippen LogP contribution in [0.3, 0.4) is 0 Å². The summed E-state index contributed by atoms with van der Waals surface area (Å²) in [7, 11) is 0. The Bertz CT molecular complexity index is 496. The molecule has 1 fully saturated rings. The fraction of sp³-hybridized carbons (Fsp3) is 0.467. The SMILES string of the molecule is CC(C)C(=O)Nc1cccc(CNC(=O)C2CNC2)c1. The maximum absolute atomic E-state index is 11.7. The highest BCUT2D eigenvalue weighted by Crippen LogP contribution is 2.12. The Morgan fingerprint density at radius 3 is 2.70 bits per heavy atom. The lowest BCUT2D eigenvalue weighted by atomic mass is 10.0. The number of nitrogens with one attached hydrogen (secondary N) is 3. The summed E-state index contributed by atoms with van der Waals surface area (Å²) < 4.78 is 0. The van der Waals surface area contributed by atoms with E-state index >= 15 is 0 Å². The molecule has 0 bridgehead atoms. The smallest absolute Gasteiger partial charge is 0.226 e. The van der Waals surface area contributed by atoms with E-state index < -0.39 is 0 Å². The van der Waals surface area contributed by atoms with Gasteiger partial charge >= 0.3 is 0 Å². The van der Waals surface area contributed by atoms with Crippen molar-refractivity contribution >= 4 is 17.5 Å². The van der Waals surface area contributed by atoms with E-state index in [-0.39, 0.29) is 23.7 Å². The summed E-state index contributed by atoms with van der Waals surface area (Å²) in [5, 5.41) is 8.84. The van der Waals surface area contributed by atoms with Crippen LogP contribution >= 0.6 is 0 Å². The summed E-state index contributed by atoms with van der Waals surface area (Å²) in [5.41, 5.74) is 1.74. The average molecular weight is 275 g/mol. The molecule has 1 heterocycles. The first-order valence-electron chi connectivity index (χ1n) is 6.94. The van der Waals surface area contributed by atoms with Gasteiger partial charge in [-0.2, -0.15) is 0 Å². The minimum absolute atomic E-state index is 0.00766. The van der Waals surface area contributed by atoms with Crippen LogP contribution in [0.1, 0.15) is 19.4 Å². The van der Waals surface area contributed by atoms with Crippen LogP contribution in [-0.2, 0) is 16.1 Å². The van der Waals surface area contributed by atoms with E-state index in [0.717, 1.165) is 24.3 Å². The number of hydrogen-bond donors (Lipinski definition) is 3. The lowest BCUT2D eigenvalue weighted by molar-refractivity contribution is -0.126. The maximum Gasteiger partial charge on any atom is 0.226 e. The fourth-order valence-corrected chi connectivity index (χ4v) is 1.85. The van der Waals surface area contributed by atoms with Gasteiger partial charge in [-0.05, 0) is 17.7 Å². The number of anilines is 1. The molecule has 1 saturated heterocycles. The fourth-order valence-electron chi connectivity index (χ4n) is 1.85. The van der Waals surface area contributed by atoms with Gasteiger partial charge in [-0.3, -0.25) is 9.59 Å². The number of rotatable bonds is 5. The molecular formula is C15H21N3O2. The van der Waals surface area contributed by atoms with Gasteiger partial charge in [0, 0.05) is 31.2 Å². The second-order valence-corrected chi connectivity index (χ2v) is 5.42. The zero-order valence-corrected chi connectivity index (χ0v) is 11.9. The van der Waals surface area contributed by atoms with Gasteiger partial charge < -0.3 is 16.0 Å². The molecule has 20 heavy (non-hydrogen) atoms. The van der Waals surface area contributed by atoms with Crippen LogP contribution in [0, 0.1) is 11.8 Å². The van der Waals surface area contributed by atoms with Crippen LogP contribution in [0.2, 0.25) is 0 Å². The second kappa shape index (κ2) is 6.52. The number of amides is 2. The van der Waals surface area contributed by atoms with Crippen molar-refractivity contribution in [1.82, 2.24) is 10.6 Å². The van der Waals surface area contributed by atoms with Gasteiger partial charge in [0.1, 0.15) is 0 Å². The highest BCUT2D eigenvalue weighted by atomic mass is 16.2. The van der Waals surface area contributed by atoms with E-state index in [4.69, 9.17) is 0 Å². The molecular weight excluding hydrogens is 254 g/mol. The molecule has 5 nitrogen and oxygen atoms in total. The summed E-state index contributed by atoms with van der Waals surface area (Å²) >= 11 is 0. The standard InChI is InChI=1S/C15H21N3O2/c1-10(2)14(19)18-13-5-3-4-11(6-13)7-17-15(20)12-8-16-9-12/h3-6,10,12,16H,7-9H2,1-2H3,(H,17,20)(H,18,19). The van der Waals surface area contributed by atoms with Crippen LogP contribution in [0.15, 0.2) is 24.3 Å². The molecule has 1 aliphatic heterocycles. The summed E-state index contributed by atoms with van der Waals surface area (Å²) in [6.07, 6.45) is 0. The molecule has 0 aliphatic carbocycles. The van der Waals surface area contributed by atoms with Gasteiger partial charge in [0.05, 0.1) is 5.92 Å². The number of carbonyl (C=O) groups excluding carboxylic acids is 2. The minimum Gasteiger partial charge on any atom is -0.352 e. The van der Waals surface area contributed by atoms with Crippen molar-refractivity contribution in [3.8, 4) is 0 Å². The van der Waals surface area contributed by atoms with Crippen molar-refractivity contribution in [1.29, 1.82) is 0 Å². The Kier molecular flexibility index (Phi) is 4.74. The van der Waals surface area contributed by atoms with Crippen LogP contribution in [0.4, 0.5) is 5.69 Å². The predicted octanol–water partition coefficient (Wildman–Crippen LogP) is 1.12. The third-order valence-corrected chi connectivity index (χ3v) is 3.34. The van der Waals surface area contributed by atoms with Gasteiger partial charge in [-0.25, -0.2) is 0 Å². The summed E-state index contributed by atoms with van der Waals surface area (Å²) in [6, 6.07) is 7.55. The minimum atomic E-state index is -0.0514. The lowest BCUT2D eigenvalue weighted by Gasteiger charge is -2.25. The first-order chi connectivity index (χ1) is 9.56. The molecule has 5 heteroatoms. The molecule has 2 amide bonds. The zero-order valence-electron chi connectivity index (χ0n) is 11.9. The van der Waals surface area contributed by atoms with Crippen molar-refractivity contribution in [2.24, 2.45) is 11.8 Å². The summed E-state index contributed by atoms with van der Waals surface area (Å²) in [5.74, 6) is 0.121. The van der Waals surface area contributed by atoms with E-state index in [1.165, 1.54) is 0 Å². The van der Waals surface area contributed by atoms with Crippen molar-refractivity contribution in [3.05, 3.63) is 29.8 Å². The Hall–Kier alpha value is -1.88. The maximum atomic E-state index is 11.7. The van der Waals surface area contributed by atoms with Crippen LogP contribution < -0.4 is 16.0 Å². The third-order valence-electron chi connectivity index (χ3n) is 3.34. The molecule has 0 unspecified atom stereocenters. The predicted molar refractivity (Wildman–Crippen MR) is 78.1 cm³/mol. The van der Waals surface area contributed by atoms with E-state index in [0.29, 0.717) is 6.54 Å². The molecule has 0 radical (unpaired) electrons. The number of hydrogen-bond acceptors (Lipinski definition) is 3. The second-order valence-electron chi connectivity index (χ2n) is 5.42. The number of benzene rings is 1. The molecule has 108 valence electrons. The highest BCUT2D eigenvalue weighted by Gasteiger charge is 2.24. The molecule has 0 spiro atoms. The van der Waals surface area contributed by atoms with Gasteiger partial charge in [0.2, 0.25) is 11.8 Å². The van der Waals surface area contributed by atoms with Crippen molar-refractivity contribution in [2.45, 2.75) is 20.4 Å². The molecule has 0 saturated carbocycles. The summed E-state index contributed by atoms with van der Waals surface area (Å²) in [6.45, 7) is 5.71. The van der Waals surface area contributed by atoms with Gasteiger partial charge in [0.25, 0.3) is 0 Å². The normalized spacial score (nSPS) is 14.8. The number of carbonyl (C=O) groups is 2.